The normalized spacial score (nSPS) is 16.3. The number of nitrogens with zero attached hydrogens (tertiary/aromatic N) is 3. The van der Waals surface area contributed by atoms with Crippen LogP contribution in [0.5, 0.6) is 0 Å². The molecule has 1 aliphatic heterocycles. The first-order valence-electron chi connectivity index (χ1n) is 9.45. The molecule has 26 heavy (non-hydrogen) atoms. The average molecular weight is 392 g/mol. The van der Waals surface area contributed by atoms with Crippen molar-refractivity contribution in [2.24, 2.45) is 5.92 Å². The molecule has 2 atom stereocenters. The van der Waals surface area contributed by atoms with E-state index in [2.05, 4.69) is 60.8 Å². The van der Waals surface area contributed by atoms with E-state index in [1.54, 1.807) is 0 Å². The van der Waals surface area contributed by atoms with Crippen molar-refractivity contribution in [2.75, 3.05) is 11.4 Å². The maximum Gasteiger partial charge on any atom is 0.224 e. The molecule has 0 amide bonds. The van der Waals surface area contributed by atoms with Gasteiger partial charge in [-0.25, -0.2) is 9.97 Å². The molecule has 2 heterocycles. The van der Waals surface area contributed by atoms with Gasteiger partial charge in [-0.1, -0.05) is 50.9 Å². The predicted octanol–water partition coefficient (Wildman–Crippen LogP) is 6.19. The van der Waals surface area contributed by atoms with E-state index in [0.717, 1.165) is 36.7 Å². The fraction of sp³-hybridized carbons (Fsp3) is 0.524. The number of hydrogen-bond donors (Lipinski definition) is 0. The van der Waals surface area contributed by atoms with E-state index in [1.807, 2.05) is 0 Å². The Hall–Kier alpha value is -1.32. The quantitative estimate of drug-likeness (QED) is 0.448. The SMILES string of the molecule is CCC(C)CC(C)c1ccc(C)c(N2CCc3nc(Cl)nc(Cl)c3C2)c1. The van der Waals surface area contributed by atoms with Crippen LogP contribution in [-0.2, 0) is 13.0 Å². The molecule has 2 unspecified atom stereocenters. The van der Waals surface area contributed by atoms with Crippen molar-refractivity contribution in [3.63, 3.8) is 0 Å². The molecule has 0 saturated carbocycles. The molecule has 140 valence electrons. The summed E-state index contributed by atoms with van der Waals surface area (Å²) in [5, 5.41) is 0.711. The van der Waals surface area contributed by atoms with Gasteiger partial charge >= 0.3 is 0 Å². The Morgan fingerprint density at radius 3 is 2.69 bits per heavy atom. The Kier molecular flexibility index (Phi) is 6.09. The number of benzene rings is 1. The Morgan fingerprint density at radius 2 is 1.96 bits per heavy atom. The van der Waals surface area contributed by atoms with Gasteiger partial charge in [-0.05, 0) is 54.0 Å². The van der Waals surface area contributed by atoms with Crippen LogP contribution in [0.25, 0.3) is 0 Å². The van der Waals surface area contributed by atoms with Crippen LogP contribution in [0.1, 0.15) is 61.9 Å². The third kappa shape index (κ3) is 4.15. The zero-order valence-corrected chi connectivity index (χ0v) is 17.5. The van der Waals surface area contributed by atoms with Gasteiger partial charge in [0.25, 0.3) is 0 Å². The largest absolute Gasteiger partial charge is 0.366 e. The van der Waals surface area contributed by atoms with Crippen molar-refractivity contribution in [1.82, 2.24) is 9.97 Å². The number of halogens is 2. The highest BCUT2D eigenvalue weighted by Crippen LogP contribution is 2.33. The maximum atomic E-state index is 6.33. The molecular weight excluding hydrogens is 365 g/mol. The zero-order chi connectivity index (χ0) is 18.8. The number of anilines is 1. The third-order valence-corrected chi connectivity index (χ3v) is 6.06. The summed E-state index contributed by atoms with van der Waals surface area (Å²) in [6.45, 7) is 10.8. The van der Waals surface area contributed by atoms with Gasteiger partial charge in [0.05, 0.1) is 5.69 Å². The topological polar surface area (TPSA) is 29.0 Å². The minimum absolute atomic E-state index is 0.235. The average Bonchev–Trinajstić information content (AvgIpc) is 2.61. The number of fused-ring (bicyclic) bond motifs is 1. The van der Waals surface area contributed by atoms with Gasteiger partial charge in [0.1, 0.15) is 5.15 Å². The molecule has 3 rings (SSSR count). The minimum atomic E-state index is 0.235. The summed E-state index contributed by atoms with van der Waals surface area (Å²) in [6.07, 6.45) is 3.29. The van der Waals surface area contributed by atoms with Gasteiger partial charge < -0.3 is 4.90 Å². The second-order valence-electron chi connectivity index (χ2n) is 7.58. The highest BCUT2D eigenvalue weighted by Gasteiger charge is 2.23. The van der Waals surface area contributed by atoms with Gasteiger partial charge in [0, 0.05) is 30.8 Å². The van der Waals surface area contributed by atoms with Crippen molar-refractivity contribution in [2.45, 2.75) is 59.4 Å². The van der Waals surface area contributed by atoms with Crippen molar-refractivity contribution in [3.8, 4) is 0 Å². The Morgan fingerprint density at radius 1 is 1.19 bits per heavy atom. The Balaban J connectivity index is 1.86. The molecule has 1 aromatic heterocycles. The number of hydrogen-bond acceptors (Lipinski definition) is 3. The lowest BCUT2D eigenvalue weighted by Crippen LogP contribution is -2.32. The van der Waals surface area contributed by atoms with Gasteiger partial charge in [0.15, 0.2) is 0 Å². The van der Waals surface area contributed by atoms with E-state index < -0.39 is 0 Å². The summed E-state index contributed by atoms with van der Waals surface area (Å²) in [5.74, 6) is 1.31. The lowest BCUT2D eigenvalue weighted by Gasteiger charge is -2.32. The first kappa shape index (κ1) is 19.4. The van der Waals surface area contributed by atoms with E-state index in [9.17, 15) is 0 Å². The molecule has 5 heteroatoms. The first-order valence-corrected chi connectivity index (χ1v) is 10.2. The molecular formula is C21H27Cl2N3. The van der Waals surface area contributed by atoms with Crippen molar-refractivity contribution in [1.29, 1.82) is 0 Å². The summed E-state index contributed by atoms with van der Waals surface area (Å²) in [5.41, 5.74) is 5.97. The second-order valence-corrected chi connectivity index (χ2v) is 8.27. The molecule has 0 aliphatic carbocycles. The van der Waals surface area contributed by atoms with Gasteiger partial charge in [-0.15, -0.1) is 0 Å². The lowest BCUT2D eigenvalue weighted by atomic mass is 9.89. The van der Waals surface area contributed by atoms with Crippen molar-refractivity contribution in [3.05, 3.63) is 51.0 Å². The van der Waals surface area contributed by atoms with E-state index in [-0.39, 0.29) is 5.28 Å². The molecule has 0 fully saturated rings. The molecule has 0 spiro atoms. The summed E-state index contributed by atoms with van der Waals surface area (Å²) in [7, 11) is 0. The summed E-state index contributed by atoms with van der Waals surface area (Å²) >= 11 is 12.3. The molecule has 0 N–H and O–H groups in total. The van der Waals surface area contributed by atoms with Gasteiger partial charge in [-0.3, -0.25) is 0 Å². The van der Waals surface area contributed by atoms with E-state index in [0.29, 0.717) is 11.1 Å². The molecule has 0 saturated heterocycles. The maximum absolute atomic E-state index is 6.33. The van der Waals surface area contributed by atoms with E-state index >= 15 is 0 Å². The van der Waals surface area contributed by atoms with Gasteiger partial charge in [-0.2, -0.15) is 0 Å². The van der Waals surface area contributed by atoms with Crippen LogP contribution in [0, 0.1) is 12.8 Å². The van der Waals surface area contributed by atoms with Crippen LogP contribution in [0.4, 0.5) is 5.69 Å². The van der Waals surface area contributed by atoms with Crippen LogP contribution < -0.4 is 4.90 Å². The number of rotatable bonds is 5. The van der Waals surface area contributed by atoms with Crippen LogP contribution >= 0.6 is 23.2 Å². The summed E-state index contributed by atoms with van der Waals surface area (Å²) in [6, 6.07) is 6.88. The number of aromatic nitrogens is 2. The van der Waals surface area contributed by atoms with Crippen LogP contribution in [-0.4, -0.2) is 16.5 Å². The Labute approximate surface area is 166 Å². The first-order chi connectivity index (χ1) is 12.4. The fourth-order valence-electron chi connectivity index (χ4n) is 3.73. The van der Waals surface area contributed by atoms with E-state index in [4.69, 9.17) is 23.2 Å². The molecule has 1 aliphatic rings. The fourth-order valence-corrected chi connectivity index (χ4v) is 4.21. The van der Waals surface area contributed by atoms with Crippen LogP contribution in [0.3, 0.4) is 0 Å². The molecule has 3 nitrogen and oxygen atoms in total. The molecule has 0 radical (unpaired) electrons. The van der Waals surface area contributed by atoms with Crippen molar-refractivity contribution < 1.29 is 0 Å². The third-order valence-electron chi connectivity index (χ3n) is 5.58. The zero-order valence-electron chi connectivity index (χ0n) is 16.0. The number of aryl methyl sites for hydroxylation is 1. The van der Waals surface area contributed by atoms with Crippen LogP contribution in [0.2, 0.25) is 10.4 Å². The monoisotopic (exact) mass is 391 g/mol. The van der Waals surface area contributed by atoms with Crippen LogP contribution in [0.15, 0.2) is 18.2 Å². The lowest BCUT2D eigenvalue weighted by molar-refractivity contribution is 0.471. The van der Waals surface area contributed by atoms with Crippen molar-refractivity contribution >= 4 is 28.9 Å². The molecule has 0 bridgehead atoms. The minimum Gasteiger partial charge on any atom is -0.366 e. The predicted molar refractivity (Wildman–Crippen MR) is 110 cm³/mol. The Bertz CT molecular complexity index is 791. The highest BCUT2D eigenvalue weighted by molar-refractivity contribution is 6.32. The standard InChI is InChI=1S/C21H27Cl2N3/c1-5-13(2)10-15(4)16-7-6-14(3)19(11-16)26-9-8-18-17(12-26)20(22)25-21(23)24-18/h6-7,11,13,15H,5,8-10,12H2,1-4H3. The molecule has 2 aromatic rings. The summed E-state index contributed by atoms with van der Waals surface area (Å²) in [4.78, 5) is 10.9. The molecule has 1 aromatic carbocycles. The highest BCUT2D eigenvalue weighted by atomic mass is 35.5. The smallest absolute Gasteiger partial charge is 0.224 e. The van der Waals surface area contributed by atoms with E-state index in [1.165, 1.54) is 29.7 Å². The second kappa shape index (κ2) is 8.14. The summed E-state index contributed by atoms with van der Waals surface area (Å²) < 4.78 is 0. The van der Waals surface area contributed by atoms with Gasteiger partial charge in [0.2, 0.25) is 5.28 Å².